The predicted octanol–water partition coefficient (Wildman–Crippen LogP) is 0.959. The van der Waals surface area contributed by atoms with Gasteiger partial charge in [-0.05, 0) is 25.2 Å². The van der Waals surface area contributed by atoms with Gasteiger partial charge in [0.15, 0.2) is 0 Å². The molecule has 0 saturated carbocycles. The van der Waals surface area contributed by atoms with Crippen LogP contribution >= 0.6 is 0 Å². The number of rotatable bonds is 7. The Hall–Kier alpha value is -1.10. The third kappa shape index (κ3) is 6.06. The number of carbonyl (C=O) groups is 2. The lowest BCUT2D eigenvalue weighted by Gasteiger charge is -2.24. The van der Waals surface area contributed by atoms with E-state index in [-0.39, 0.29) is 24.7 Å². The molecule has 3 atom stereocenters. The molecule has 0 aliphatic rings. The van der Waals surface area contributed by atoms with E-state index in [1.54, 1.807) is 6.92 Å². The molecular formula is C10H18O5. The molecule has 0 spiro atoms. The molecule has 0 aliphatic heterocycles. The summed E-state index contributed by atoms with van der Waals surface area (Å²) in [5, 5.41) is 26.5. The SMILES string of the molecule is CC(O)C(CC(=O)O)C(C)CCC(=O)O. The molecule has 3 unspecified atom stereocenters. The van der Waals surface area contributed by atoms with Gasteiger partial charge in [0.25, 0.3) is 0 Å². The molecule has 88 valence electrons. The fraction of sp³-hybridized carbons (Fsp3) is 0.800. The minimum atomic E-state index is -0.969. The van der Waals surface area contributed by atoms with Crippen molar-refractivity contribution in [2.24, 2.45) is 11.8 Å². The molecule has 0 heterocycles. The number of hydrogen-bond donors (Lipinski definition) is 3. The van der Waals surface area contributed by atoms with Crippen LogP contribution in [-0.2, 0) is 9.59 Å². The topological polar surface area (TPSA) is 94.8 Å². The molecule has 0 aromatic heterocycles. The van der Waals surface area contributed by atoms with Crippen LogP contribution in [0.4, 0.5) is 0 Å². The van der Waals surface area contributed by atoms with E-state index in [0.29, 0.717) is 6.42 Å². The summed E-state index contributed by atoms with van der Waals surface area (Å²) in [7, 11) is 0. The van der Waals surface area contributed by atoms with Crippen LogP contribution in [0.2, 0.25) is 0 Å². The zero-order chi connectivity index (χ0) is 12.0. The first kappa shape index (κ1) is 13.9. The minimum absolute atomic E-state index is 0.00397. The molecule has 5 nitrogen and oxygen atoms in total. The summed E-state index contributed by atoms with van der Waals surface area (Å²) < 4.78 is 0. The molecule has 3 N–H and O–H groups in total. The molecular weight excluding hydrogens is 200 g/mol. The standard InChI is InChI=1S/C10H18O5/c1-6(3-4-9(12)13)8(7(2)11)5-10(14)15/h6-8,11H,3-5H2,1-2H3,(H,12,13)(H,14,15). The van der Waals surface area contributed by atoms with Gasteiger partial charge in [-0.15, -0.1) is 0 Å². The monoisotopic (exact) mass is 218 g/mol. The lowest BCUT2D eigenvalue weighted by Crippen LogP contribution is -2.27. The van der Waals surface area contributed by atoms with Gasteiger partial charge in [0, 0.05) is 6.42 Å². The van der Waals surface area contributed by atoms with Crippen molar-refractivity contribution in [2.45, 2.75) is 39.2 Å². The Labute approximate surface area is 88.7 Å². The Kier molecular flexibility index (Phi) is 5.93. The van der Waals surface area contributed by atoms with Gasteiger partial charge in [0.2, 0.25) is 0 Å². The van der Waals surface area contributed by atoms with Crippen LogP contribution in [0, 0.1) is 11.8 Å². The van der Waals surface area contributed by atoms with E-state index >= 15 is 0 Å². The van der Waals surface area contributed by atoms with Crippen molar-refractivity contribution in [3.8, 4) is 0 Å². The predicted molar refractivity (Wildman–Crippen MR) is 53.5 cm³/mol. The van der Waals surface area contributed by atoms with Crippen molar-refractivity contribution in [1.82, 2.24) is 0 Å². The van der Waals surface area contributed by atoms with Crippen LogP contribution in [0.5, 0.6) is 0 Å². The van der Waals surface area contributed by atoms with Gasteiger partial charge in [-0.3, -0.25) is 9.59 Å². The van der Waals surface area contributed by atoms with E-state index in [9.17, 15) is 14.7 Å². The lowest BCUT2D eigenvalue weighted by atomic mass is 9.84. The summed E-state index contributed by atoms with van der Waals surface area (Å²) in [5.41, 5.74) is 0. The summed E-state index contributed by atoms with van der Waals surface area (Å²) in [5.74, 6) is -2.37. The van der Waals surface area contributed by atoms with E-state index in [2.05, 4.69) is 0 Å². The Bertz CT molecular complexity index is 224. The number of aliphatic hydroxyl groups excluding tert-OH is 1. The molecule has 15 heavy (non-hydrogen) atoms. The van der Waals surface area contributed by atoms with Crippen LogP contribution in [0.3, 0.4) is 0 Å². The second-order valence-corrected chi connectivity index (χ2v) is 3.91. The lowest BCUT2D eigenvalue weighted by molar-refractivity contribution is -0.139. The number of carboxylic acid groups (broad SMARTS) is 2. The highest BCUT2D eigenvalue weighted by atomic mass is 16.4. The van der Waals surface area contributed by atoms with E-state index in [4.69, 9.17) is 10.2 Å². The van der Waals surface area contributed by atoms with Gasteiger partial charge in [-0.1, -0.05) is 6.92 Å². The highest BCUT2D eigenvalue weighted by Gasteiger charge is 2.25. The molecule has 0 saturated heterocycles. The number of aliphatic hydroxyl groups is 1. The first-order chi connectivity index (χ1) is 6.84. The highest BCUT2D eigenvalue weighted by Crippen LogP contribution is 2.24. The normalized spacial score (nSPS) is 16.7. The van der Waals surface area contributed by atoms with Crippen molar-refractivity contribution in [2.75, 3.05) is 0 Å². The van der Waals surface area contributed by atoms with Gasteiger partial charge < -0.3 is 15.3 Å². The molecule has 0 rings (SSSR count). The van der Waals surface area contributed by atoms with E-state index in [0.717, 1.165) is 0 Å². The van der Waals surface area contributed by atoms with Gasteiger partial charge in [0.1, 0.15) is 0 Å². The molecule has 0 aliphatic carbocycles. The second-order valence-electron chi connectivity index (χ2n) is 3.91. The highest BCUT2D eigenvalue weighted by molar-refractivity contribution is 5.67. The van der Waals surface area contributed by atoms with E-state index < -0.39 is 18.0 Å². The number of aliphatic carboxylic acids is 2. The van der Waals surface area contributed by atoms with Crippen LogP contribution < -0.4 is 0 Å². The summed E-state index contributed by atoms with van der Waals surface area (Å²) in [6.07, 6.45) is -0.467. The van der Waals surface area contributed by atoms with Gasteiger partial charge in [-0.25, -0.2) is 0 Å². The van der Waals surface area contributed by atoms with Crippen LogP contribution in [0.1, 0.15) is 33.1 Å². The Morgan fingerprint density at radius 1 is 1.13 bits per heavy atom. The Balaban J connectivity index is 4.22. The zero-order valence-corrected chi connectivity index (χ0v) is 9.01. The van der Waals surface area contributed by atoms with Crippen molar-refractivity contribution >= 4 is 11.9 Å². The largest absolute Gasteiger partial charge is 0.481 e. The van der Waals surface area contributed by atoms with E-state index in [1.807, 2.05) is 0 Å². The zero-order valence-electron chi connectivity index (χ0n) is 9.01. The van der Waals surface area contributed by atoms with Crippen LogP contribution in [0.15, 0.2) is 0 Å². The van der Waals surface area contributed by atoms with Gasteiger partial charge in [0.05, 0.1) is 12.5 Å². The minimum Gasteiger partial charge on any atom is -0.481 e. The molecule has 0 radical (unpaired) electrons. The van der Waals surface area contributed by atoms with Crippen molar-refractivity contribution in [1.29, 1.82) is 0 Å². The van der Waals surface area contributed by atoms with Crippen LogP contribution in [-0.4, -0.2) is 33.4 Å². The fourth-order valence-corrected chi connectivity index (χ4v) is 1.61. The van der Waals surface area contributed by atoms with E-state index in [1.165, 1.54) is 6.92 Å². The summed E-state index contributed by atoms with van der Waals surface area (Å²) >= 11 is 0. The maximum atomic E-state index is 10.5. The molecule has 0 amide bonds. The number of carboxylic acids is 2. The van der Waals surface area contributed by atoms with Crippen LogP contribution in [0.25, 0.3) is 0 Å². The summed E-state index contributed by atoms with van der Waals surface area (Å²) in [6.45, 7) is 3.30. The molecule has 5 heteroatoms. The van der Waals surface area contributed by atoms with Gasteiger partial charge in [-0.2, -0.15) is 0 Å². The third-order valence-electron chi connectivity index (χ3n) is 2.57. The molecule has 0 fully saturated rings. The van der Waals surface area contributed by atoms with Gasteiger partial charge >= 0.3 is 11.9 Å². The Morgan fingerprint density at radius 2 is 1.67 bits per heavy atom. The van der Waals surface area contributed by atoms with Crippen molar-refractivity contribution < 1.29 is 24.9 Å². The molecule has 0 aromatic carbocycles. The maximum absolute atomic E-state index is 10.5. The Morgan fingerprint density at radius 3 is 2.00 bits per heavy atom. The maximum Gasteiger partial charge on any atom is 0.303 e. The summed E-state index contributed by atoms with van der Waals surface area (Å²) in [4.78, 5) is 20.9. The first-order valence-electron chi connectivity index (χ1n) is 4.96. The smallest absolute Gasteiger partial charge is 0.303 e. The third-order valence-corrected chi connectivity index (χ3v) is 2.57. The molecule has 0 aromatic rings. The average molecular weight is 218 g/mol. The quantitative estimate of drug-likeness (QED) is 0.591. The average Bonchev–Trinajstić information content (AvgIpc) is 2.09. The molecule has 0 bridgehead atoms. The van der Waals surface area contributed by atoms with Crippen molar-refractivity contribution in [3.63, 3.8) is 0 Å². The fourth-order valence-electron chi connectivity index (χ4n) is 1.61. The second kappa shape index (κ2) is 6.40. The first-order valence-corrected chi connectivity index (χ1v) is 4.96. The number of hydrogen-bond acceptors (Lipinski definition) is 3. The summed E-state index contributed by atoms with van der Waals surface area (Å²) in [6, 6.07) is 0. The van der Waals surface area contributed by atoms with Crippen molar-refractivity contribution in [3.05, 3.63) is 0 Å².